The van der Waals surface area contributed by atoms with Crippen molar-refractivity contribution in [2.75, 3.05) is 21.2 Å². The fourth-order valence-corrected chi connectivity index (χ4v) is 8.42. The van der Waals surface area contributed by atoms with Crippen molar-refractivity contribution in [2.24, 2.45) is 22.7 Å². The first kappa shape index (κ1) is 45.1. The molecule has 3 rings (SSSR count). The van der Waals surface area contributed by atoms with E-state index in [1.54, 1.807) is 55.4 Å². The number of aliphatic hydroxyl groups is 5. The maximum Gasteiger partial charge on any atom is 0.311 e. The standard InChI is InChI=1S/C38H70N2O12/c1-15-27-38(11,46)31(42)21(4)24(7)39-19(2)17-36(9,45)33(52-35-29(41)26(40(12)13)16-20(3)48-35)22(5)30(23(6)34(44)50-27)51-28-18-37(10,47-14)32(43)25(8)49-28/h19-23,25-33,35,41-43,45-46H,15-18H2,1-14H3/t19-,20-,21+,22+,23-,25+,26+,27-,28+,29-,30+,31-,32+,33-,35+,36-,37-,38-/m1/s1. The number of aliphatic imine (C=N–C) groups is 1. The molecule has 0 aromatic carbocycles. The first-order valence-corrected chi connectivity index (χ1v) is 19.0. The highest BCUT2D eigenvalue weighted by Gasteiger charge is 2.52. The smallest absolute Gasteiger partial charge is 0.311 e. The minimum absolute atomic E-state index is 0.0854. The molecule has 2 fully saturated rings. The van der Waals surface area contributed by atoms with Gasteiger partial charge in [-0.3, -0.25) is 9.79 Å². The van der Waals surface area contributed by atoms with E-state index in [9.17, 15) is 30.3 Å². The number of ether oxygens (including phenoxy) is 6. The summed E-state index contributed by atoms with van der Waals surface area (Å²) in [6.45, 7) is 19.0. The third-order valence-electron chi connectivity index (χ3n) is 12.0. The van der Waals surface area contributed by atoms with Gasteiger partial charge in [-0.25, -0.2) is 0 Å². The molecule has 3 aliphatic rings. The molecule has 14 heteroatoms. The molecule has 18 atom stereocenters. The summed E-state index contributed by atoms with van der Waals surface area (Å²) in [5.74, 6) is -3.13. The Morgan fingerprint density at radius 3 is 2.10 bits per heavy atom. The fourth-order valence-electron chi connectivity index (χ4n) is 8.42. The Hall–Kier alpha value is -1.30. The van der Waals surface area contributed by atoms with Crippen molar-refractivity contribution in [3.63, 3.8) is 0 Å². The minimum Gasteiger partial charge on any atom is -0.459 e. The number of esters is 1. The highest BCUT2D eigenvalue weighted by molar-refractivity contribution is 5.85. The summed E-state index contributed by atoms with van der Waals surface area (Å²) in [5.41, 5.74) is -3.96. The quantitative estimate of drug-likeness (QED) is 0.239. The maximum atomic E-state index is 14.2. The third-order valence-corrected chi connectivity index (χ3v) is 12.0. The summed E-state index contributed by atoms with van der Waals surface area (Å²) >= 11 is 0. The van der Waals surface area contributed by atoms with E-state index in [0.29, 0.717) is 12.1 Å². The van der Waals surface area contributed by atoms with E-state index < -0.39 is 102 Å². The molecule has 304 valence electrons. The van der Waals surface area contributed by atoms with Gasteiger partial charge in [0, 0.05) is 49.6 Å². The predicted octanol–water partition coefficient (Wildman–Crippen LogP) is 2.43. The lowest BCUT2D eigenvalue weighted by Gasteiger charge is -2.48. The summed E-state index contributed by atoms with van der Waals surface area (Å²) in [5, 5.41) is 58.0. The van der Waals surface area contributed by atoms with Crippen molar-refractivity contribution in [1.82, 2.24) is 4.90 Å². The van der Waals surface area contributed by atoms with E-state index in [4.69, 9.17) is 33.4 Å². The van der Waals surface area contributed by atoms with Crippen molar-refractivity contribution < 1.29 is 58.7 Å². The molecule has 0 aromatic rings. The number of rotatable bonds is 7. The van der Waals surface area contributed by atoms with Crippen LogP contribution in [0.15, 0.2) is 4.99 Å². The fraction of sp³-hybridized carbons (Fsp3) is 0.947. The van der Waals surface area contributed by atoms with Crippen LogP contribution in [0.2, 0.25) is 0 Å². The zero-order chi connectivity index (χ0) is 39.7. The van der Waals surface area contributed by atoms with Gasteiger partial charge in [0.2, 0.25) is 0 Å². The van der Waals surface area contributed by atoms with Crippen LogP contribution in [0.3, 0.4) is 0 Å². The topological polar surface area (TPSA) is 189 Å². The van der Waals surface area contributed by atoms with Gasteiger partial charge in [-0.15, -0.1) is 0 Å². The number of likely N-dealkylation sites (N-methyl/N-ethyl adjacent to an activating group) is 1. The molecule has 0 bridgehead atoms. The lowest BCUT2D eigenvalue weighted by atomic mass is 9.78. The molecule has 14 nitrogen and oxygen atoms in total. The molecule has 0 aromatic heterocycles. The van der Waals surface area contributed by atoms with Crippen molar-refractivity contribution in [1.29, 1.82) is 0 Å². The van der Waals surface area contributed by atoms with Crippen molar-refractivity contribution in [2.45, 2.75) is 192 Å². The van der Waals surface area contributed by atoms with Crippen LogP contribution in [-0.4, -0.2) is 154 Å². The average molecular weight is 747 g/mol. The molecular formula is C38H70N2O12. The Balaban J connectivity index is 2.20. The highest BCUT2D eigenvalue weighted by atomic mass is 16.7. The van der Waals surface area contributed by atoms with Crippen LogP contribution in [0.5, 0.6) is 0 Å². The van der Waals surface area contributed by atoms with Gasteiger partial charge in [-0.1, -0.05) is 20.8 Å². The Morgan fingerprint density at radius 1 is 0.923 bits per heavy atom. The molecule has 5 N–H and O–H groups in total. The number of carbonyl (C=O) groups excluding carboxylic acids is 1. The zero-order valence-corrected chi connectivity index (χ0v) is 34.0. The molecule has 52 heavy (non-hydrogen) atoms. The van der Waals surface area contributed by atoms with Crippen molar-refractivity contribution in [3.8, 4) is 0 Å². The number of cyclic esters (lactones) is 1. The Labute approximate surface area is 311 Å². The molecule has 2 saturated heterocycles. The second-order valence-corrected chi connectivity index (χ2v) is 16.8. The molecule has 0 spiro atoms. The van der Waals surface area contributed by atoms with Crippen LogP contribution < -0.4 is 0 Å². The molecule has 3 aliphatic heterocycles. The molecule has 0 saturated carbocycles. The molecule has 0 aliphatic carbocycles. The number of hydrogen-bond acceptors (Lipinski definition) is 14. The number of hydrogen-bond donors (Lipinski definition) is 5. The lowest BCUT2D eigenvalue weighted by molar-refractivity contribution is -0.317. The van der Waals surface area contributed by atoms with Gasteiger partial charge in [-0.2, -0.15) is 0 Å². The van der Waals surface area contributed by atoms with Crippen LogP contribution in [0.1, 0.15) is 102 Å². The van der Waals surface area contributed by atoms with E-state index in [1.807, 2.05) is 32.8 Å². The van der Waals surface area contributed by atoms with Crippen LogP contribution in [0, 0.1) is 17.8 Å². The SMILES string of the molecule is CC[C@H]1OC(=O)[C@H](C)[C@@H](O[C@H]2C[C@@](C)(OC)[C@@H](O)[C@H](C)O2)[C@H](C)[C@@H](O[C@@H]2O[C@H](C)C[C@H](N(C)C)[C@H]2O)[C@](C)(O)C[C@@H](C)N=C(C)[C@H](C)[C@@H](O)[C@]1(C)O. The minimum atomic E-state index is -1.84. The van der Waals surface area contributed by atoms with Crippen LogP contribution in [0.4, 0.5) is 0 Å². The van der Waals surface area contributed by atoms with Crippen molar-refractivity contribution in [3.05, 3.63) is 0 Å². The van der Waals surface area contributed by atoms with Gasteiger partial charge in [-0.05, 0) is 82.3 Å². The summed E-state index contributed by atoms with van der Waals surface area (Å²) in [6, 6.07) is -0.767. The van der Waals surface area contributed by atoms with Gasteiger partial charge in [0.1, 0.15) is 23.9 Å². The van der Waals surface area contributed by atoms with Crippen LogP contribution in [-0.2, 0) is 33.2 Å². The predicted molar refractivity (Wildman–Crippen MR) is 195 cm³/mol. The van der Waals surface area contributed by atoms with Gasteiger partial charge in [0.15, 0.2) is 12.6 Å². The molecule has 3 heterocycles. The number of methoxy groups -OCH3 is 1. The van der Waals surface area contributed by atoms with Crippen LogP contribution in [0.25, 0.3) is 0 Å². The summed E-state index contributed by atoms with van der Waals surface area (Å²) < 4.78 is 37.4. The van der Waals surface area contributed by atoms with Gasteiger partial charge in [0.25, 0.3) is 0 Å². The second kappa shape index (κ2) is 17.7. The first-order valence-electron chi connectivity index (χ1n) is 19.0. The Morgan fingerprint density at radius 2 is 1.54 bits per heavy atom. The second-order valence-electron chi connectivity index (χ2n) is 16.8. The van der Waals surface area contributed by atoms with Crippen LogP contribution >= 0.6 is 0 Å². The summed E-state index contributed by atoms with van der Waals surface area (Å²) in [6.07, 6.45) is -8.64. The zero-order valence-electron chi connectivity index (χ0n) is 34.0. The average Bonchev–Trinajstić information content (AvgIpc) is 3.05. The monoisotopic (exact) mass is 746 g/mol. The summed E-state index contributed by atoms with van der Waals surface area (Å²) in [4.78, 5) is 20.9. The molecular weight excluding hydrogens is 676 g/mol. The number of nitrogens with zero attached hydrogens (tertiary/aromatic N) is 2. The largest absolute Gasteiger partial charge is 0.459 e. The van der Waals surface area contributed by atoms with E-state index in [2.05, 4.69) is 0 Å². The van der Waals surface area contributed by atoms with E-state index in [0.717, 1.165) is 0 Å². The molecule has 0 amide bonds. The van der Waals surface area contributed by atoms with Gasteiger partial charge in [0.05, 0.1) is 47.6 Å². The molecule has 0 unspecified atom stereocenters. The van der Waals surface area contributed by atoms with Crippen molar-refractivity contribution >= 4 is 11.7 Å². The number of aliphatic hydroxyl groups excluding tert-OH is 3. The summed E-state index contributed by atoms with van der Waals surface area (Å²) in [7, 11) is 5.25. The lowest BCUT2D eigenvalue weighted by Crippen LogP contribution is -2.60. The third kappa shape index (κ3) is 9.92. The van der Waals surface area contributed by atoms with Gasteiger partial charge < -0.3 is 58.9 Å². The van der Waals surface area contributed by atoms with E-state index in [1.165, 1.54) is 14.0 Å². The Kier molecular flexibility index (Phi) is 15.3. The van der Waals surface area contributed by atoms with Gasteiger partial charge >= 0.3 is 5.97 Å². The Bertz CT molecular complexity index is 1200. The first-order chi connectivity index (χ1) is 23.9. The normalized spacial score (nSPS) is 49.1. The van der Waals surface area contributed by atoms with E-state index in [-0.39, 0.29) is 31.4 Å². The maximum absolute atomic E-state index is 14.2. The van der Waals surface area contributed by atoms with E-state index >= 15 is 0 Å². The number of carbonyl (C=O) groups is 1. The highest BCUT2D eigenvalue weighted by Crippen LogP contribution is 2.40. The molecule has 0 radical (unpaired) electrons.